The Hall–Kier alpha value is 0.270. The van der Waals surface area contributed by atoms with Crippen LogP contribution in [0.4, 0.5) is 0 Å². The third kappa shape index (κ3) is 0.966. The lowest BCUT2D eigenvalue weighted by atomic mass is 9.95. The summed E-state index contributed by atoms with van der Waals surface area (Å²) in [5.74, 6) is 2.21. The number of hydrogen-bond acceptors (Lipinski definition) is 3. The van der Waals surface area contributed by atoms with E-state index in [1.165, 1.54) is 0 Å². The van der Waals surface area contributed by atoms with E-state index in [9.17, 15) is 0 Å². The number of fused-ring (bicyclic) bond motifs is 1. The molecule has 0 N–H and O–H groups in total. The van der Waals surface area contributed by atoms with Gasteiger partial charge >= 0.3 is 0 Å². The molecule has 0 aromatic rings. The minimum atomic E-state index is 0.108. The van der Waals surface area contributed by atoms with Gasteiger partial charge in [-0.05, 0) is 18.1 Å². The Kier molecular flexibility index (Phi) is 1.89. The fourth-order valence-electron chi connectivity index (χ4n) is 1.74. The predicted molar refractivity (Wildman–Crippen MR) is 41.1 cm³/mol. The molecule has 0 aromatic carbocycles. The molecule has 0 amide bonds. The Bertz CT molecular complexity index is 129. The van der Waals surface area contributed by atoms with E-state index < -0.39 is 0 Å². The molecule has 3 unspecified atom stereocenters. The van der Waals surface area contributed by atoms with Gasteiger partial charge in [0.25, 0.3) is 0 Å². The molecule has 0 spiro atoms. The van der Waals surface area contributed by atoms with E-state index >= 15 is 0 Å². The largest absolute Gasteiger partial charge is 0.352 e. The van der Waals surface area contributed by atoms with Gasteiger partial charge in [0.2, 0.25) is 0 Å². The van der Waals surface area contributed by atoms with E-state index in [0.29, 0.717) is 11.8 Å². The molecular formula is C7H12O2S. The van der Waals surface area contributed by atoms with Crippen molar-refractivity contribution in [3.05, 3.63) is 0 Å². The van der Waals surface area contributed by atoms with Crippen molar-refractivity contribution >= 4 is 12.6 Å². The van der Waals surface area contributed by atoms with Crippen LogP contribution < -0.4 is 0 Å². The maximum Gasteiger partial charge on any atom is 0.160 e. The average Bonchev–Trinajstić information content (AvgIpc) is 2.44. The topological polar surface area (TPSA) is 18.5 Å². The molecule has 2 nitrogen and oxygen atoms in total. The van der Waals surface area contributed by atoms with Crippen molar-refractivity contribution in [1.82, 2.24) is 0 Å². The van der Waals surface area contributed by atoms with E-state index in [1.54, 1.807) is 0 Å². The van der Waals surface area contributed by atoms with Crippen LogP contribution in [0.2, 0.25) is 0 Å². The fraction of sp³-hybridized carbons (Fsp3) is 1.00. The second-order valence-electron chi connectivity index (χ2n) is 2.97. The van der Waals surface area contributed by atoms with E-state index in [1.807, 2.05) is 0 Å². The number of thiol groups is 1. The molecule has 0 radical (unpaired) electrons. The van der Waals surface area contributed by atoms with Crippen molar-refractivity contribution in [1.29, 1.82) is 0 Å². The highest BCUT2D eigenvalue weighted by Crippen LogP contribution is 2.35. The third-order valence-corrected chi connectivity index (χ3v) is 2.87. The predicted octanol–water partition coefficient (Wildman–Crippen LogP) is 0.925. The van der Waals surface area contributed by atoms with Crippen molar-refractivity contribution < 1.29 is 9.47 Å². The van der Waals surface area contributed by atoms with E-state index in [2.05, 4.69) is 12.6 Å². The van der Waals surface area contributed by atoms with Gasteiger partial charge in [0, 0.05) is 5.92 Å². The smallest absolute Gasteiger partial charge is 0.160 e. The first-order valence-electron chi connectivity index (χ1n) is 3.76. The summed E-state index contributed by atoms with van der Waals surface area (Å²) in [5, 5.41) is 0. The maximum atomic E-state index is 5.41. The molecule has 2 saturated heterocycles. The normalized spacial score (nSPS) is 45.9. The van der Waals surface area contributed by atoms with Gasteiger partial charge in [-0.15, -0.1) is 0 Å². The van der Waals surface area contributed by atoms with Crippen LogP contribution in [0.5, 0.6) is 0 Å². The quantitative estimate of drug-likeness (QED) is 0.575. The molecule has 0 bridgehead atoms. The summed E-state index contributed by atoms with van der Waals surface area (Å²) in [7, 11) is 0. The zero-order valence-electron chi connectivity index (χ0n) is 5.82. The van der Waals surface area contributed by atoms with Crippen LogP contribution in [-0.4, -0.2) is 25.3 Å². The summed E-state index contributed by atoms with van der Waals surface area (Å²) in [6, 6.07) is 0. The minimum Gasteiger partial charge on any atom is -0.352 e. The highest BCUT2D eigenvalue weighted by atomic mass is 32.1. The number of ether oxygens (including phenoxy) is 2. The van der Waals surface area contributed by atoms with Crippen LogP contribution in [-0.2, 0) is 9.47 Å². The first kappa shape index (κ1) is 6.95. The molecule has 10 heavy (non-hydrogen) atoms. The zero-order chi connectivity index (χ0) is 6.97. The second-order valence-corrected chi connectivity index (χ2v) is 3.33. The molecule has 2 rings (SSSR count). The van der Waals surface area contributed by atoms with Gasteiger partial charge in [0.05, 0.1) is 13.2 Å². The summed E-state index contributed by atoms with van der Waals surface area (Å²) in [5.41, 5.74) is 0. The van der Waals surface area contributed by atoms with Gasteiger partial charge in [0.1, 0.15) is 0 Å². The lowest BCUT2D eigenvalue weighted by Crippen LogP contribution is -2.15. The highest BCUT2D eigenvalue weighted by molar-refractivity contribution is 7.80. The van der Waals surface area contributed by atoms with Gasteiger partial charge in [-0.2, -0.15) is 12.6 Å². The Morgan fingerprint density at radius 3 is 3.10 bits per heavy atom. The Morgan fingerprint density at radius 2 is 2.30 bits per heavy atom. The summed E-state index contributed by atoms with van der Waals surface area (Å²) in [4.78, 5) is 0. The first-order chi connectivity index (χ1) is 4.92. The maximum absolute atomic E-state index is 5.41. The van der Waals surface area contributed by atoms with E-state index in [4.69, 9.17) is 9.47 Å². The van der Waals surface area contributed by atoms with Gasteiger partial charge < -0.3 is 9.47 Å². The Balaban J connectivity index is 2.01. The molecule has 3 heteroatoms. The standard InChI is InChI=1S/C7H12O2S/c10-4-5-3-9-7-6(5)1-2-8-7/h5-7,10H,1-4H2. The van der Waals surface area contributed by atoms with Crippen molar-refractivity contribution in [3.8, 4) is 0 Å². The molecule has 2 aliphatic heterocycles. The number of rotatable bonds is 1. The Morgan fingerprint density at radius 1 is 1.40 bits per heavy atom. The fourth-order valence-corrected chi connectivity index (χ4v) is 2.12. The van der Waals surface area contributed by atoms with Crippen molar-refractivity contribution in [2.45, 2.75) is 12.7 Å². The van der Waals surface area contributed by atoms with Crippen LogP contribution in [0.3, 0.4) is 0 Å². The zero-order valence-corrected chi connectivity index (χ0v) is 6.72. The van der Waals surface area contributed by atoms with Crippen molar-refractivity contribution in [3.63, 3.8) is 0 Å². The first-order valence-corrected chi connectivity index (χ1v) is 4.39. The summed E-state index contributed by atoms with van der Waals surface area (Å²) in [6.07, 6.45) is 1.27. The van der Waals surface area contributed by atoms with Crippen LogP contribution >= 0.6 is 12.6 Å². The molecule has 58 valence electrons. The summed E-state index contributed by atoms with van der Waals surface area (Å²) >= 11 is 4.26. The van der Waals surface area contributed by atoms with E-state index in [-0.39, 0.29) is 6.29 Å². The molecule has 0 aliphatic carbocycles. The van der Waals surface area contributed by atoms with Gasteiger partial charge in [-0.25, -0.2) is 0 Å². The van der Waals surface area contributed by atoms with Gasteiger partial charge in [0.15, 0.2) is 6.29 Å². The van der Waals surface area contributed by atoms with Crippen LogP contribution in [0.25, 0.3) is 0 Å². The van der Waals surface area contributed by atoms with Crippen LogP contribution in [0, 0.1) is 11.8 Å². The average molecular weight is 160 g/mol. The number of hydrogen-bond donors (Lipinski definition) is 1. The van der Waals surface area contributed by atoms with Crippen LogP contribution in [0.15, 0.2) is 0 Å². The summed E-state index contributed by atoms with van der Waals surface area (Å²) < 4.78 is 10.8. The highest BCUT2D eigenvalue weighted by Gasteiger charge is 2.40. The van der Waals surface area contributed by atoms with Gasteiger partial charge in [-0.3, -0.25) is 0 Å². The van der Waals surface area contributed by atoms with E-state index in [0.717, 1.165) is 25.4 Å². The molecule has 3 atom stereocenters. The molecule has 0 saturated carbocycles. The lowest BCUT2D eigenvalue weighted by Gasteiger charge is -2.10. The summed E-state index contributed by atoms with van der Waals surface area (Å²) in [6.45, 7) is 1.72. The van der Waals surface area contributed by atoms with Crippen molar-refractivity contribution in [2.75, 3.05) is 19.0 Å². The minimum absolute atomic E-state index is 0.108. The van der Waals surface area contributed by atoms with Crippen molar-refractivity contribution in [2.24, 2.45) is 11.8 Å². The van der Waals surface area contributed by atoms with Crippen LogP contribution in [0.1, 0.15) is 6.42 Å². The second kappa shape index (κ2) is 2.72. The molecule has 2 aliphatic rings. The Labute approximate surface area is 66.3 Å². The SMILES string of the molecule is SCC1COC2OCCC12. The third-order valence-electron chi connectivity index (χ3n) is 2.40. The molecule has 2 fully saturated rings. The monoisotopic (exact) mass is 160 g/mol. The lowest BCUT2D eigenvalue weighted by molar-refractivity contribution is -0.0905. The van der Waals surface area contributed by atoms with Gasteiger partial charge in [-0.1, -0.05) is 0 Å². The molecule has 2 heterocycles. The molecule has 0 aromatic heterocycles. The molecular weight excluding hydrogens is 148 g/mol.